The fourth-order valence-corrected chi connectivity index (χ4v) is 2.83. The molecule has 5 heteroatoms. The van der Waals surface area contributed by atoms with Crippen LogP contribution in [0.4, 0.5) is 5.69 Å². The van der Waals surface area contributed by atoms with Gasteiger partial charge in [-0.1, -0.05) is 6.07 Å². The van der Waals surface area contributed by atoms with Crippen LogP contribution in [0.15, 0.2) is 48.8 Å². The summed E-state index contributed by atoms with van der Waals surface area (Å²) < 4.78 is 5.92. The summed E-state index contributed by atoms with van der Waals surface area (Å²) in [5.41, 5.74) is 12.2. The summed E-state index contributed by atoms with van der Waals surface area (Å²) in [4.78, 5) is 8.60. The average Bonchev–Trinajstić information content (AvgIpc) is 2.68. The minimum Gasteiger partial charge on any atom is -0.487 e. The molecule has 0 fully saturated rings. The van der Waals surface area contributed by atoms with Gasteiger partial charge in [0, 0.05) is 35.8 Å². The molecule has 0 aliphatic rings. The topological polar surface area (TPSA) is 84.8 Å². The van der Waals surface area contributed by atoms with Crippen LogP contribution in [-0.4, -0.2) is 9.97 Å². The maximum atomic E-state index is 9.16. The smallest absolute Gasteiger partial charge is 0.132 e. The van der Waals surface area contributed by atoms with Crippen LogP contribution in [-0.2, 0) is 13.0 Å². The SMILES string of the molecule is Cc1cc(OCc2ncccc2C#N)c(C)c(N)c1Cc1ccccn1. The molecule has 0 atom stereocenters. The Morgan fingerprint density at radius 2 is 1.92 bits per heavy atom. The summed E-state index contributed by atoms with van der Waals surface area (Å²) in [6.45, 7) is 4.18. The highest BCUT2D eigenvalue weighted by atomic mass is 16.5. The molecule has 1 aromatic carbocycles. The van der Waals surface area contributed by atoms with Crippen LogP contribution in [0, 0.1) is 25.2 Å². The van der Waals surface area contributed by atoms with E-state index in [-0.39, 0.29) is 6.61 Å². The van der Waals surface area contributed by atoms with Crippen molar-refractivity contribution in [2.24, 2.45) is 0 Å². The predicted octanol–water partition coefficient (Wildman–Crippen LogP) is 3.72. The molecule has 2 heterocycles. The standard InChI is InChI=1S/C21H20N4O/c1-14-10-20(26-13-19-16(12-22)6-5-9-25-19)15(2)21(23)18(14)11-17-7-3-4-8-24-17/h3-10H,11,13,23H2,1-2H3. The Bertz CT molecular complexity index is 962. The molecule has 26 heavy (non-hydrogen) atoms. The number of hydrogen-bond donors (Lipinski definition) is 1. The Kier molecular flexibility index (Phi) is 5.14. The second-order valence-corrected chi connectivity index (χ2v) is 6.10. The zero-order chi connectivity index (χ0) is 18.5. The van der Waals surface area contributed by atoms with Crippen LogP contribution >= 0.6 is 0 Å². The Balaban J connectivity index is 1.85. The summed E-state index contributed by atoms with van der Waals surface area (Å²) in [5, 5.41) is 9.16. The van der Waals surface area contributed by atoms with Crippen LogP contribution in [0.5, 0.6) is 5.75 Å². The van der Waals surface area contributed by atoms with Gasteiger partial charge < -0.3 is 10.5 Å². The van der Waals surface area contributed by atoms with Crippen molar-refractivity contribution in [2.45, 2.75) is 26.9 Å². The second-order valence-electron chi connectivity index (χ2n) is 6.10. The number of benzene rings is 1. The van der Waals surface area contributed by atoms with E-state index in [9.17, 15) is 0 Å². The number of aromatic nitrogens is 2. The van der Waals surface area contributed by atoms with Gasteiger partial charge >= 0.3 is 0 Å². The summed E-state index contributed by atoms with van der Waals surface area (Å²) >= 11 is 0. The summed E-state index contributed by atoms with van der Waals surface area (Å²) in [7, 11) is 0. The van der Waals surface area contributed by atoms with Crippen molar-refractivity contribution in [3.63, 3.8) is 0 Å². The number of nitriles is 1. The number of aryl methyl sites for hydroxylation is 1. The molecule has 0 bridgehead atoms. The highest BCUT2D eigenvalue weighted by Gasteiger charge is 2.14. The molecule has 0 spiro atoms. The molecule has 5 nitrogen and oxygen atoms in total. The number of nitrogens with zero attached hydrogens (tertiary/aromatic N) is 3. The van der Waals surface area contributed by atoms with E-state index in [0.717, 1.165) is 22.4 Å². The maximum absolute atomic E-state index is 9.16. The molecule has 2 aromatic heterocycles. The Morgan fingerprint density at radius 1 is 1.12 bits per heavy atom. The Labute approximate surface area is 153 Å². The molecule has 3 rings (SSSR count). The van der Waals surface area contributed by atoms with E-state index in [1.807, 2.05) is 38.1 Å². The highest BCUT2D eigenvalue weighted by molar-refractivity contribution is 5.63. The fourth-order valence-electron chi connectivity index (χ4n) is 2.83. The number of anilines is 1. The van der Waals surface area contributed by atoms with Crippen LogP contribution in [0.1, 0.15) is 33.6 Å². The Morgan fingerprint density at radius 3 is 2.65 bits per heavy atom. The lowest BCUT2D eigenvalue weighted by Gasteiger charge is -2.17. The van der Waals surface area contributed by atoms with Gasteiger partial charge in [-0.3, -0.25) is 9.97 Å². The van der Waals surface area contributed by atoms with E-state index in [1.165, 1.54) is 0 Å². The quantitative estimate of drug-likeness (QED) is 0.713. The predicted molar refractivity (Wildman–Crippen MR) is 101 cm³/mol. The largest absolute Gasteiger partial charge is 0.487 e. The number of nitrogens with two attached hydrogens (primary N) is 1. The molecular formula is C21H20N4O. The van der Waals surface area contributed by atoms with Crippen molar-refractivity contribution >= 4 is 5.69 Å². The molecule has 0 amide bonds. The monoisotopic (exact) mass is 344 g/mol. The van der Waals surface area contributed by atoms with E-state index in [4.69, 9.17) is 15.7 Å². The van der Waals surface area contributed by atoms with Gasteiger partial charge in [-0.15, -0.1) is 0 Å². The number of hydrogen-bond acceptors (Lipinski definition) is 5. The first-order valence-electron chi connectivity index (χ1n) is 8.35. The molecule has 0 saturated heterocycles. The first kappa shape index (κ1) is 17.4. The van der Waals surface area contributed by atoms with E-state index in [2.05, 4.69) is 16.0 Å². The van der Waals surface area contributed by atoms with Crippen LogP contribution in [0.2, 0.25) is 0 Å². The second kappa shape index (κ2) is 7.66. The summed E-state index contributed by atoms with van der Waals surface area (Å²) in [5.74, 6) is 0.708. The minimum absolute atomic E-state index is 0.225. The van der Waals surface area contributed by atoms with Gasteiger partial charge in [-0.2, -0.15) is 5.26 Å². The van der Waals surface area contributed by atoms with E-state index < -0.39 is 0 Å². The van der Waals surface area contributed by atoms with E-state index in [1.54, 1.807) is 24.5 Å². The lowest BCUT2D eigenvalue weighted by Crippen LogP contribution is -2.07. The minimum atomic E-state index is 0.225. The highest BCUT2D eigenvalue weighted by Crippen LogP contribution is 2.32. The van der Waals surface area contributed by atoms with Gasteiger partial charge in [0.2, 0.25) is 0 Å². The van der Waals surface area contributed by atoms with Crippen molar-refractivity contribution < 1.29 is 4.74 Å². The fraction of sp³-hybridized carbons (Fsp3) is 0.190. The van der Waals surface area contributed by atoms with Crippen molar-refractivity contribution in [1.29, 1.82) is 5.26 Å². The lowest BCUT2D eigenvalue weighted by atomic mass is 9.97. The van der Waals surface area contributed by atoms with Gasteiger partial charge in [0.25, 0.3) is 0 Å². The molecule has 3 aromatic rings. The molecule has 130 valence electrons. The van der Waals surface area contributed by atoms with Crippen molar-refractivity contribution in [2.75, 3.05) is 5.73 Å². The molecule has 0 radical (unpaired) electrons. The number of ether oxygens (including phenoxy) is 1. The van der Waals surface area contributed by atoms with E-state index >= 15 is 0 Å². The molecule has 2 N–H and O–H groups in total. The normalized spacial score (nSPS) is 10.3. The summed E-state index contributed by atoms with van der Waals surface area (Å²) in [6, 6.07) is 13.4. The lowest BCUT2D eigenvalue weighted by molar-refractivity contribution is 0.299. The van der Waals surface area contributed by atoms with Crippen molar-refractivity contribution in [3.05, 3.63) is 82.4 Å². The van der Waals surface area contributed by atoms with Crippen molar-refractivity contribution in [1.82, 2.24) is 9.97 Å². The van der Waals surface area contributed by atoms with Crippen molar-refractivity contribution in [3.8, 4) is 11.8 Å². The zero-order valence-electron chi connectivity index (χ0n) is 14.9. The third kappa shape index (κ3) is 3.65. The number of nitrogen functional groups attached to an aromatic ring is 1. The third-order valence-electron chi connectivity index (χ3n) is 4.38. The van der Waals surface area contributed by atoms with Gasteiger partial charge in [-0.05, 0) is 55.3 Å². The maximum Gasteiger partial charge on any atom is 0.132 e. The van der Waals surface area contributed by atoms with Gasteiger partial charge in [0.1, 0.15) is 18.4 Å². The Hall–Kier alpha value is -3.39. The molecule has 0 unspecified atom stereocenters. The molecule has 0 saturated carbocycles. The van der Waals surface area contributed by atoms with Gasteiger partial charge in [0.15, 0.2) is 0 Å². The van der Waals surface area contributed by atoms with Crippen LogP contribution < -0.4 is 10.5 Å². The third-order valence-corrected chi connectivity index (χ3v) is 4.38. The first-order chi connectivity index (χ1) is 12.6. The number of pyridine rings is 2. The van der Waals surface area contributed by atoms with Crippen LogP contribution in [0.3, 0.4) is 0 Å². The van der Waals surface area contributed by atoms with Gasteiger partial charge in [-0.25, -0.2) is 0 Å². The van der Waals surface area contributed by atoms with Gasteiger partial charge in [0.05, 0.1) is 11.3 Å². The molecular weight excluding hydrogens is 324 g/mol. The summed E-state index contributed by atoms with van der Waals surface area (Å²) in [6.07, 6.45) is 4.12. The average molecular weight is 344 g/mol. The van der Waals surface area contributed by atoms with Crippen LogP contribution in [0.25, 0.3) is 0 Å². The molecule has 0 aliphatic heterocycles. The first-order valence-corrected chi connectivity index (χ1v) is 8.35. The van der Waals surface area contributed by atoms with E-state index in [0.29, 0.717) is 29.1 Å². The molecule has 0 aliphatic carbocycles. The zero-order valence-corrected chi connectivity index (χ0v) is 14.9. The number of rotatable bonds is 5.